The summed E-state index contributed by atoms with van der Waals surface area (Å²) in [6, 6.07) is 6.54. The summed E-state index contributed by atoms with van der Waals surface area (Å²) in [6.07, 6.45) is 6.97. The van der Waals surface area contributed by atoms with Crippen molar-refractivity contribution < 1.29 is 9.18 Å². The molecule has 2 aliphatic heterocycles. The highest BCUT2D eigenvalue weighted by Gasteiger charge is 2.49. The number of hydrogen-bond acceptors (Lipinski definition) is 4. The van der Waals surface area contributed by atoms with E-state index in [2.05, 4.69) is 20.0 Å². The first-order chi connectivity index (χ1) is 14.6. The molecule has 0 aliphatic carbocycles. The van der Waals surface area contributed by atoms with Crippen molar-refractivity contribution in [3.63, 3.8) is 0 Å². The second kappa shape index (κ2) is 7.68. The van der Waals surface area contributed by atoms with Crippen molar-refractivity contribution in [3.05, 3.63) is 71.8 Å². The molecule has 2 aromatic heterocycles. The van der Waals surface area contributed by atoms with Crippen LogP contribution in [0, 0.1) is 17.7 Å². The lowest BCUT2D eigenvalue weighted by Gasteiger charge is -2.29. The molecule has 0 radical (unpaired) electrons. The van der Waals surface area contributed by atoms with E-state index in [1.807, 2.05) is 24.1 Å². The highest BCUT2D eigenvalue weighted by atomic mass is 19.1. The molecular formula is C22H25FN6O. The molecular weight excluding hydrogens is 383 g/mol. The molecule has 1 N–H and O–H groups in total. The van der Waals surface area contributed by atoms with Gasteiger partial charge in [-0.15, -0.1) is 0 Å². The van der Waals surface area contributed by atoms with Crippen molar-refractivity contribution in [2.24, 2.45) is 11.8 Å². The standard InChI is InChI=1S/C22H25FN6O/c1-2-28-10-16(7-26-28)22(30)29-11-17-9-27(12-19-8-24-14-25-19)13-20(17)21(29)15-4-3-5-18(23)6-15/h3-8,10,14,17,20-21H,2,9,11-13H2,1H3,(H,24,25)/t17-,20-,21+/m0/s1. The Kier molecular flexibility index (Phi) is 4.86. The molecule has 4 heterocycles. The summed E-state index contributed by atoms with van der Waals surface area (Å²) < 4.78 is 15.8. The number of aromatic nitrogens is 4. The summed E-state index contributed by atoms with van der Waals surface area (Å²) in [5, 5.41) is 4.26. The van der Waals surface area contributed by atoms with Gasteiger partial charge in [-0.25, -0.2) is 9.37 Å². The molecule has 2 fully saturated rings. The average Bonchev–Trinajstić information content (AvgIpc) is 3.51. The zero-order chi connectivity index (χ0) is 20.7. The number of carbonyl (C=O) groups excluding carboxylic acids is 1. The molecule has 5 rings (SSSR count). The van der Waals surface area contributed by atoms with Gasteiger partial charge in [-0.05, 0) is 30.5 Å². The highest BCUT2D eigenvalue weighted by molar-refractivity contribution is 5.94. The Morgan fingerprint density at radius 3 is 2.90 bits per heavy atom. The van der Waals surface area contributed by atoms with Crippen LogP contribution in [-0.4, -0.2) is 55.1 Å². The zero-order valence-electron chi connectivity index (χ0n) is 16.9. The Bertz CT molecular complexity index is 1030. The van der Waals surface area contributed by atoms with Crippen LogP contribution in [-0.2, 0) is 13.1 Å². The smallest absolute Gasteiger partial charge is 0.257 e. The molecule has 0 bridgehead atoms. The number of imidazole rings is 1. The quantitative estimate of drug-likeness (QED) is 0.705. The maximum Gasteiger partial charge on any atom is 0.257 e. The number of nitrogens with one attached hydrogen (secondary N) is 1. The molecule has 3 aromatic rings. The minimum absolute atomic E-state index is 0.0292. The zero-order valence-corrected chi connectivity index (χ0v) is 16.9. The van der Waals surface area contributed by atoms with Crippen LogP contribution in [0.15, 0.2) is 49.2 Å². The van der Waals surface area contributed by atoms with Gasteiger partial charge < -0.3 is 9.88 Å². The van der Waals surface area contributed by atoms with Crippen molar-refractivity contribution >= 4 is 5.91 Å². The number of carbonyl (C=O) groups is 1. The molecule has 1 amide bonds. The average molecular weight is 408 g/mol. The lowest BCUT2D eigenvalue weighted by molar-refractivity contribution is 0.0699. The van der Waals surface area contributed by atoms with Gasteiger partial charge in [0.05, 0.1) is 24.1 Å². The third kappa shape index (κ3) is 3.41. The van der Waals surface area contributed by atoms with E-state index < -0.39 is 0 Å². The summed E-state index contributed by atoms with van der Waals surface area (Å²) in [7, 11) is 0. The van der Waals surface area contributed by atoms with Gasteiger partial charge >= 0.3 is 0 Å². The number of nitrogens with zero attached hydrogens (tertiary/aromatic N) is 5. The number of aromatic amines is 1. The van der Waals surface area contributed by atoms with Gasteiger partial charge in [0.1, 0.15) is 5.82 Å². The van der Waals surface area contributed by atoms with Crippen LogP contribution in [0.1, 0.15) is 34.6 Å². The summed E-state index contributed by atoms with van der Waals surface area (Å²) in [5.41, 5.74) is 2.53. The first kappa shape index (κ1) is 19.0. The van der Waals surface area contributed by atoms with E-state index in [0.29, 0.717) is 24.6 Å². The van der Waals surface area contributed by atoms with Crippen LogP contribution in [0.2, 0.25) is 0 Å². The fraction of sp³-hybridized carbons (Fsp3) is 0.409. The molecule has 2 aliphatic rings. The lowest BCUT2D eigenvalue weighted by atomic mass is 9.89. The van der Waals surface area contributed by atoms with Crippen molar-refractivity contribution in [2.45, 2.75) is 26.1 Å². The molecule has 8 heteroatoms. The first-order valence-electron chi connectivity index (χ1n) is 10.4. The van der Waals surface area contributed by atoms with Crippen LogP contribution >= 0.6 is 0 Å². The number of likely N-dealkylation sites (tertiary alicyclic amines) is 2. The van der Waals surface area contributed by atoms with Gasteiger partial charge in [0.2, 0.25) is 0 Å². The van der Waals surface area contributed by atoms with E-state index in [0.717, 1.165) is 30.9 Å². The molecule has 0 saturated carbocycles. The fourth-order valence-corrected chi connectivity index (χ4v) is 5.02. The van der Waals surface area contributed by atoms with Crippen molar-refractivity contribution in [2.75, 3.05) is 19.6 Å². The van der Waals surface area contributed by atoms with Gasteiger partial charge in [-0.3, -0.25) is 14.4 Å². The maximum absolute atomic E-state index is 14.1. The van der Waals surface area contributed by atoms with E-state index in [4.69, 9.17) is 0 Å². The second-order valence-corrected chi connectivity index (χ2v) is 8.24. The van der Waals surface area contributed by atoms with Gasteiger partial charge in [-0.1, -0.05) is 12.1 Å². The topological polar surface area (TPSA) is 70.1 Å². The number of H-pyrrole nitrogens is 1. The molecule has 0 unspecified atom stereocenters. The highest BCUT2D eigenvalue weighted by Crippen LogP contribution is 2.45. The Labute approximate surface area is 174 Å². The van der Waals surface area contributed by atoms with Crippen LogP contribution in [0.3, 0.4) is 0 Å². The van der Waals surface area contributed by atoms with Crippen molar-refractivity contribution in [1.29, 1.82) is 0 Å². The van der Waals surface area contributed by atoms with E-state index in [9.17, 15) is 9.18 Å². The minimum atomic E-state index is -0.269. The van der Waals surface area contributed by atoms with E-state index in [1.165, 1.54) is 6.07 Å². The number of hydrogen-bond donors (Lipinski definition) is 1. The number of amides is 1. The summed E-state index contributed by atoms with van der Waals surface area (Å²) in [4.78, 5) is 24.9. The fourth-order valence-electron chi connectivity index (χ4n) is 5.02. The van der Waals surface area contributed by atoms with Gasteiger partial charge in [0, 0.05) is 56.7 Å². The van der Waals surface area contributed by atoms with Gasteiger partial charge in [0.25, 0.3) is 5.91 Å². The van der Waals surface area contributed by atoms with Crippen LogP contribution in [0.25, 0.3) is 0 Å². The molecule has 3 atom stereocenters. The SMILES string of the molecule is CCn1cc(C(=O)N2C[C@@H]3CN(Cc4cnc[nH]4)C[C@@H]3[C@H]2c2cccc(F)c2)cn1. The maximum atomic E-state index is 14.1. The number of aryl methyl sites for hydroxylation is 1. The number of fused-ring (bicyclic) bond motifs is 1. The Hall–Kier alpha value is -3.00. The normalized spacial score (nSPS) is 23.8. The molecule has 2 saturated heterocycles. The van der Waals surface area contributed by atoms with E-state index in [-0.39, 0.29) is 23.7 Å². The largest absolute Gasteiger partial charge is 0.347 e. The minimum Gasteiger partial charge on any atom is -0.347 e. The van der Waals surface area contributed by atoms with E-state index >= 15 is 0 Å². The molecule has 7 nitrogen and oxygen atoms in total. The Balaban J connectivity index is 1.43. The molecule has 0 spiro atoms. The van der Waals surface area contributed by atoms with Crippen LogP contribution in [0.4, 0.5) is 4.39 Å². The number of benzene rings is 1. The second-order valence-electron chi connectivity index (χ2n) is 8.24. The summed E-state index contributed by atoms with van der Waals surface area (Å²) >= 11 is 0. The first-order valence-corrected chi connectivity index (χ1v) is 10.4. The summed E-state index contributed by atoms with van der Waals surface area (Å²) in [6.45, 7) is 5.96. The number of halogens is 1. The van der Waals surface area contributed by atoms with Crippen molar-refractivity contribution in [1.82, 2.24) is 29.5 Å². The van der Waals surface area contributed by atoms with Crippen LogP contribution in [0.5, 0.6) is 0 Å². The predicted octanol–water partition coefficient (Wildman–Crippen LogP) is 2.71. The van der Waals surface area contributed by atoms with E-state index in [1.54, 1.807) is 35.5 Å². The summed E-state index contributed by atoms with van der Waals surface area (Å²) in [5.74, 6) is 0.319. The van der Waals surface area contributed by atoms with Gasteiger partial charge in [0.15, 0.2) is 0 Å². The molecule has 1 aromatic carbocycles. The Morgan fingerprint density at radius 1 is 1.27 bits per heavy atom. The van der Waals surface area contributed by atoms with Crippen LogP contribution < -0.4 is 0 Å². The third-order valence-corrected chi connectivity index (χ3v) is 6.34. The Morgan fingerprint density at radius 2 is 2.17 bits per heavy atom. The molecule has 30 heavy (non-hydrogen) atoms. The molecule has 156 valence electrons. The third-order valence-electron chi connectivity index (χ3n) is 6.34. The predicted molar refractivity (Wildman–Crippen MR) is 109 cm³/mol. The van der Waals surface area contributed by atoms with Crippen molar-refractivity contribution in [3.8, 4) is 0 Å². The van der Waals surface area contributed by atoms with Gasteiger partial charge in [-0.2, -0.15) is 5.10 Å². The number of rotatable bonds is 5. The lowest BCUT2D eigenvalue weighted by Crippen LogP contribution is -2.35. The monoisotopic (exact) mass is 408 g/mol.